The minimum Gasteiger partial charge on any atom is -0.383 e. The molecule has 1 aliphatic carbocycles. The van der Waals surface area contributed by atoms with Crippen LogP contribution in [0.2, 0.25) is 0 Å². The highest BCUT2D eigenvalue weighted by Gasteiger charge is 2.39. The highest BCUT2D eigenvalue weighted by Crippen LogP contribution is 2.45. The quantitative estimate of drug-likeness (QED) is 0.680. The van der Waals surface area contributed by atoms with Crippen molar-refractivity contribution in [3.05, 3.63) is 5.82 Å². The molecule has 0 spiro atoms. The van der Waals surface area contributed by atoms with Crippen LogP contribution in [-0.2, 0) is 11.3 Å². The SMILES string of the molecule is CCC1CC1n1nnnc1CNCCOC. The first-order chi connectivity index (χ1) is 7.86. The van der Waals surface area contributed by atoms with E-state index in [4.69, 9.17) is 4.74 Å². The van der Waals surface area contributed by atoms with Crippen LogP contribution in [0.15, 0.2) is 0 Å². The van der Waals surface area contributed by atoms with Gasteiger partial charge in [-0.3, -0.25) is 0 Å². The van der Waals surface area contributed by atoms with Crippen molar-refractivity contribution in [3.8, 4) is 0 Å². The molecule has 90 valence electrons. The summed E-state index contributed by atoms with van der Waals surface area (Å²) < 4.78 is 6.93. The Balaban J connectivity index is 1.83. The Morgan fingerprint density at radius 2 is 2.44 bits per heavy atom. The Hall–Kier alpha value is -1.01. The molecule has 1 saturated carbocycles. The summed E-state index contributed by atoms with van der Waals surface area (Å²) in [6, 6.07) is 0.527. The normalized spacial score (nSPS) is 23.6. The molecule has 0 aliphatic heterocycles. The van der Waals surface area contributed by atoms with Crippen LogP contribution in [-0.4, -0.2) is 40.5 Å². The van der Waals surface area contributed by atoms with Crippen LogP contribution in [0.5, 0.6) is 0 Å². The first-order valence-electron chi connectivity index (χ1n) is 5.83. The maximum absolute atomic E-state index is 4.96. The maximum atomic E-state index is 4.96. The number of aromatic nitrogens is 4. The number of ether oxygens (including phenoxy) is 1. The Bertz CT molecular complexity index is 327. The van der Waals surface area contributed by atoms with E-state index in [2.05, 4.69) is 27.8 Å². The van der Waals surface area contributed by atoms with E-state index in [1.54, 1.807) is 7.11 Å². The molecule has 1 aromatic rings. The molecule has 0 amide bonds. The van der Waals surface area contributed by atoms with Crippen molar-refractivity contribution in [2.45, 2.75) is 32.4 Å². The largest absolute Gasteiger partial charge is 0.383 e. The number of rotatable bonds is 7. The average molecular weight is 225 g/mol. The summed E-state index contributed by atoms with van der Waals surface area (Å²) in [6.45, 7) is 4.46. The van der Waals surface area contributed by atoms with Gasteiger partial charge >= 0.3 is 0 Å². The molecular formula is C10H19N5O. The second-order valence-electron chi connectivity index (χ2n) is 4.18. The molecule has 0 bridgehead atoms. The minimum absolute atomic E-state index is 0.527. The number of nitrogens with zero attached hydrogens (tertiary/aromatic N) is 4. The Labute approximate surface area is 95.4 Å². The fourth-order valence-electron chi connectivity index (χ4n) is 1.93. The molecule has 0 aromatic carbocycles. The van der Waals surface area contributed by atoms with Crippen molar-refractivity contribution in [3.63, 3.8) is 0 Å². The number of hydrogen-bond donors (Lipinski definition) is 1. The van der Waals surface area contributed by atoms with Crippen LogP contribution < -0.4 is 5.32 Å². The zero-order chi connectivity index (χ0) is 11.4. The van der Waals surface area contributed by atoms with E-state index in [0.29, 0.717) is 19.2 Å². The number of methoxy groups -OCH3 is 1. The second-order valence-corrected chi connectivity index (χ2v) is 4.18. The lowest BCUT2D eigenvalue weighted by Gasteiger charge is -2.05. The highest BCUT2D eigenvalue weighted by molar-refractivity contribution is 4.95. The minimum atomic E-state index is 0.527. The third-order valence-electron chi connectivity index (χ3n) is 3.05. The van der Waals surface area contributed by atoms with Gasteiger partial charge in [-0.1, -0.05) is 13.3 Å². The third kappa shape index (κ3) is 2.56. The van der Waals surface area contributed by atoms with Gasteiger partial charge in [0.05, 0.1) is 19.2 Å². The number of tetrazole rings is 1. The van der Waals surface area contributed by atoms with E-state index < -0.39 is 0 Å². The lowest BCUT2D eigenvalue weighted by atomic mass is 10.3. The Kier molecular flexibility index (Phi) is 3.84. The molecule has 1 aromatic heterocycles. The third-order valence-corrected chi connectivity index (χ3v) is 3.05. The van der Waals surface area contributed by atoms with Crippen LogP contribution in [0.3, 0.4) is 0 Å². The summed E-state index contributed by atoms with van der Waals surface area (Å²) in [7, 11) is 1.70. The molecule has 2 rings (SSSR count). The van der Waals surface area contributed by atoms with Gasteiger partial charge in [-0.2, -0.15) is 0 Å². The molecule has 2 unspecified atom stereocenters. The maximum Gasteiger partial charge on any atom is 0.165 e. The lowest BCUT2D eigenvalue weighted by molar-refractivity contribution is 0.198. The van der Waals surface area contributed by atoms with E-state index in [0.717, 1.165) is 18.3 Å². The zero-order valence-corrected chi connectivity index (χ0v) is 9.89. The van der Waals surface area contributed by atoms with Crippen LogP contribution in [0.25, 0.3) is 0 Å². The Morgan fingerprint density at radius 3 is 3.12 bits per heavy atom. The molecule has 6 heteroatoms. The zero-order valence-electron chi connectivity index (χ0n) is 9.89. The van der Waals surface area contributed by atoms with Gasteiger partial charge in [0.1, 0.15) is 0 Å². The Morgan fingerprint density at radius 1 is 1.56 bits per heavy atom. The topological polar surface area (TPSA) is 64.9 Å². The van der Waals surface area contributed by atoms with Crippen molar-refractivity contribution in [2.24, 2.45) is 5.92 Å². The second kappa shape index (κ2) is 5.36. The van der Waals surface area contributed by atoms with E-state index in [1.165, 1.54) is 12.8 Å². The van der Waals surface area contributed by atoms with Gasteiger partial charge in [0.25, 0.3) is 0 Å². The fourth-order valence-corrected chi connectivity index (χ4v) is 1.93. The van der Waals surface area contributed by atoms with Crippen LogP contribution in [0.4, 0.5) is 0 Å². The van der Waals surface area contributed by atoms with E-state index >= 15 is 0 Å². The number of nitrogens with one attached hydrogen (secondary N) is 1. The summed E-state index contributed by atoms with van der Waals surface area (Å²) in [5.41, 5.74) is 0. The van der Waals surface area contributed by atoms with Crippen molar-refractivity contribution >= 4 is 0 Å². The predicted molar refractivity (Wildman–Crippen MR) is 58.8 cm³/mol. The first kappa shape index (κ1) is 11.5. The lowest BCUT2D eigenvalue weighted by Crippen LogP contribution is -2.21. The standard InChI is InChI=1S/C10H19N5O/c1-3-8-6-9(8)15-10(12-13-14-15)7-11-4-5-16-2/h8-9,11H,3-7H2,1-2H3. The van der Waals surface area contributed by atoms with Gasteiger partial charge in [0, 0.05) is 13.7 Å². The van der Waals surface area contributed by atoms with Crippen LogP contribution in [0.1, 0.15) is 31.6 Å². The van der Waals surface area contributed by atoms with Gasteiger partial charge < -0.3 is 10.1 Å². The summed E-state index contributed by atoms with van der Waals surface area (Å²) in [4.78, 5) is 0. The summed E-state index contributed by atoms with van der Waals surface area (Å²) in [5, 5.41) is 15.1. The summed E-state index contributed by atoms with van der Waals surface area (Å²) in [5.74, 6) is 1.69. The number of hydrogen-bond acceptors (Lipinski definition) is 5. The fraction of sp³-hybridized carbons (Fsp3) is 0.900. The smallest absolute Gasteiger partial charge is 0.165 e. The summed E-state index contributed by atoms with van der Waals surface area (Å²) in [6.07, 6.45) is 2.42. The van der Waals surface area contributed by atoms with Gasteiger partial charge in [-0.25, -0.2) is 4.68 Å². The first-order valence-corrected chi connectivity index (χ1v) is 5.83. The molecule has 1 fully saturated rings. The monoisotopic (exact) mass is 225 g/mol. The molecule has 1 aliphatic rings. The molecule has 1 heterocycles. The predicted octanol–water partition coefficient (Wildman–Crippen LogP) is 0.380. The molecule has 2 atom stereocenters. The molecule has 0 saturated heterocycles. The van der Waals surface area contributed by atoms with Crippen molar-refractivity contribution in [1.29, 1.82) is 0 Å². The van der Waals surface area contributed by atoms with Crippen LogP contribution in [0, 0.1) is 5.92 Å². The van der Waals surface area contributed by atoms with Crippen molar-refractivity contribution in [1.82, 2.24) is 25.5 Å². The molecule has 1 N–H and O–H groups in total. The van der Waals surface area contributed by atoms with Crippen molar-refractivity contribution in [2.75, 3.05) is 20.3 Å². The highest BCUT2D eigenvalue weighted by atomic mass is 16.5. The summed E-state index contributed by atoms with van der Waals surface area (Å²) >= 11 is 0. The van der Waals surface area contributed by atoms with Gasteiger partial charge in [-0.15, -0.1) is 5.10 Å². The molecule has 0 radical (unpaired) electrons. The molecule has 6 nitrogen and oxygen atoms in total. The molecular weight excluding hydrogens is 206 g/mol. The van der Waals surface area contributed by atoms with E-state index in [1.807, 2.05) is 4.68 Å². The van der Waals surface area contributed by atoms with E-state index in [-0.39, 0.29) is 0 Å². The van der Waals surface area contributed by atoms with Crippen LogP contribution >= 0.6 is 0 Å². The van der Waals surface area contributed by atoms with Crippen molar-refractivity contribution < 1.29 is 4.74 Å². The van der Waals surface area contributed by atoms with Gasteiger partial charge in [-0.05, 0) is 22.8 Å². The van der Waals surface area contributed by atoms with E-state index in [9.17, 15) is 0 Å². The average Bonchev–Trinajstić information content (AvgIpc) is 2.95. The van der Waals surface area contributed by atoms with Gasteiger partial charge in [0.2, 0.25) is 0 Å². The molecule has 16 heavy (non-hydrogen) atoms. The van der Waals surface area contributed by atoms with Gasteiger partial charge in [0.15, 0.2) is 5.82 Å².